The first-order valence-electron chi connectivity index (χ1n) is 21.4. The highest BCUT2D eigenvalue weighted by Crippen LogP contribution is 2.39. The van der Waals surface area contributed by atoms with Gasteiger partial charge in [-0.15, -0.1) is 0 Å². The van der Waals surface area contributed by atoms with E-state index in [1.54, 1.807) is 0 Å². The highest BCUT2D eigenvalue weighted by atomic mass is 15.2. The Morgan fingerprint density at radius 3 is 1.63 bits per heavy atom. The number of hydrogen-bond acceptors (Lipinski definition) is 3. The van der Waals surface area contributed by atoms with Crippen LogP contribution in [0.3, 0.4) is 0 Å². The molecule has 0 N–H and O–H groups in total. The van der Waals surface area contributed by atoms with Crippen molar-refractivity contribution in [3.05, 3.63) is 206 Å². The highest BCUT2D eigenvalue weighted by Gasteiger charge is 2.20. The molecule has 0 saturated carbocycles. The molecule has 0 aliphatic carbocycles. The van der Waals surface area contributed by atoms with Crippen molar-refractivity contribution in [3.63, 3.8) is 0 Å². The average molecular weight is 732 g/mol. The van der Waals surface area contributed by atoms with Crippen molar-refractivity contribution >= 4 is 43.4 Å². The van der Waals surface area contributed by atoms with E-state index in [0.717, 1.165) is 76.7 Å². The summed E-state index contributed by atoms with van der Waals surface area (Å²) in [6.07, 6.45) is 0. The molecule has 0 aliphatic heterocycles. The van der Waals surface area contributed by atoms with E-state index in [9.17, 15) is 0 Å². The molecule has 266 valence electrons. The fourth-order valence-corrected chi connectivity index (χ4v) is 8.08. The molecule has 0 atom stereocenters. The van der Waals surface area contributed by atoms with Crippen molar-refractivity contribution in [3.8, 4) is 62.1 Å². The molecular formula is C53H34N4. The number of benzene rings is 9. The molecule has 2 aromatic heterocycles. The second kappa shape index (κ2) is 13.6. The number of fused-ring (bicyclic) bond motifs is 6. The van der Waals surface area contributed by atoms with E-state index >= 15 is 0 Å². The Hall–Kier alpha value is -7.69. The molecule has 11 aromatic rings. The van der Waals surface area contributed by atoms with Crippen LogP contribution in [0, 0.1) is 0 Å². The predicted octanol–water partition coefficient (Wildman–Crippen LogP) is 13.6. The lowest BCUT2D eigenvalue weighted by Crippen LogP contribution is -2.06. The van der Waals surface area contributed by atoms with Gasteiger partial charge in [0.2, 0.25) is 5.95 Å². The third-order valence-corrected chi connectivity index (χ3v) is 10.8. The Bertz CT molecular complexity index is 3530. The molecule has 0 fully saturated rings. The first-order chi connectivity index (χ1) is 30.3. The zero-order chi connectivity index (χ0) is 42.1. The van der Waals surface area contributed by atoms with Crippen LogP contribution in [0.15, 0.2) is 206 Å². The van der Waals surface area contributed by atoms with Crippen molar-refractivity contribution in [2.45, 2.75) is 0 Å². The Morgan fingerprint density at radius 1 is 0.368 bits per heavy atom. The van der Waals surface area contributed by atoms with Gasteiger partial charge in [0.05, 0.1) is 17.9 Å². The van der Waals surface area contributed by atoms with Gasteiger partial charge in [-0.1, -0.05) is 200 Å². The van der Waals surface area contributed by atoms with Gasteiger partial charge in [-0.25, -0.2) is 4.98 Å². The van der Waals surface area contributed by atoms with E-state index in [1.807, 2.05) is 60.7 Å². The van der Waals surface area contributed by atoms with Gasteiger partial charge >= 0.3 is 0 Å². The van der Waals surface area contributed by atoms with Crippen LogP contribution in [0.4, 0.5) is 0 Å². The van der Waals surface area contributed by atoms with Crippen LogP contribution in [-0.4, -0.2) is 19.5 Å². The predicted molar refractivity (Wildman–Crippen MR) is 236 cm³/mol. The second-order valence-corrected chi connectivity index (χ2v) is 14.0. The summed E-state index contributed by atoms with van der Waals surface area (Å²) in [6, 6.07) is 58.1. The Labute approximate surface area is 337 Å². The molecule has 11 rings (SSSR count). The summed E-state index contributed by atoms with van der Waals surface area (Å²) in [5, 5.41) is 6.66. The van der Waals surface area contributed by atoms with Crippen molar-refractivity contribution < 1.29 is 6.85 Å². The number of rotatable bonds is 6. The molecule has 0 unspecified atom stereocenters. The van der Waals surface area contributed by atoms with Crippen LogP contribution in [0.2, 0.25) is 0 Å². The molecule has 4 heteroatoms. The third-order valence-electron chi connectivity index (χ3n) is 10.8. The van der Waals surface area contributed by atoms with Crippen LogP contribution in [0.25, 0.3) is 105 Å². The monoisotopic (exact) mass is 731 g/mol. The molecular weight excluding hydrogens is 693 g/mol. The Morgan fingerprint density at radius 2 is 0.930 bits per heavy atom. The molecule has 2 heterocycles. The van der Waals surface area contributed by atoms with Gasteiger partial charge < -0.3 is 0 Å². The SMILES string of the molecule is [2H]c1c([2H])c([2H])c(-c2ccc(-c3cccc4cccc(-c5ccc(-c6nc(-c7ccccc7)nc(-n7c8ccccc8c8ccc9ccccc9c87)n6)cc5)c34)cc2)c([2H])c1[2H]. The topological polar surface area (TPSA) is 43.6 Å². The van der Waals surface area contributed by atoms with E-state index in [1.165, 1.54) is 0 Å². The van der Waals surface area contributed by atoms with Gasteiger partial charge in [-0.05, 0) is 55.6 Å². The first kappa shape index (κ1) is 27.8. The molecule has 0 amide bonds. The van der Waals surface area contributed by atoms with Crippen LogP contribution < -0.4 is 0 Å². The lowest BCUT2D eigenvalue weighted by Gasteiger charge is -2.14. The Balaban J connectivity index is 1.03. The van der Waals surface area contributed by atoms with E-state index in [-0.39, 0.29) is 29.7 Å². The highest BCUT2D eigenvalue weighted by molar-refractivity contribution is 6.18. The van der Waals surface area contributed by atoms with E-state index < -0.39 is 6.04 Å². The maximum absolute atomic E-state index is 8.48. The van der Waals surface area contributed by atoms with Crippen LogP contribution in [0.5, 0.6) is 0 Å². The summed E-state index contributed by atoms with van der Waals surface area (Å²) < 4.78 is 43.5. The number of nitrogens with zero attached hydrogens (tertiary/aromatic N) is 4. The minimum atomic E-state index is -0.403. The Kier molecular flexibility index (Phi) is 6.62. The summed E-state index contributed by atoms with van der Waals surface area (Å²) in [7, 11) is 0. The lowest BCUT2D eigenvalue weighted by atomic mass is 9.90. The summed E-state index contributed by atoms with van der Waals surface area (Å²) in [5.41, 5.74) is 8.59. The van der Waals surface area contributed by atoms with Gasteiger partial charge in [0.15, 0.2) is 11.6 Å². The molecule has 0 bridgehead atoms. The van der Waals surface area contributed by atoms with Gasteiger partial charge in [0.1, 0.15) is 0 Å². The molecule has 57 heavy (non-hydrogen) atoms. The maximum Gasteiger partial charge on any atom is 0.238 e. The lowest BCUT2D eigenvalue weighted by molar-refractivity contribution is 0.955. The summed E-state index contributed by atoms with van der Waals surface area (Å²) in [4.78, 5) is 15.5. The van der Waals surface area contributed by atoms with E-state index in [2.05, 4.69) is 120 Å². The average Bonchev–Trinajstić information content (AvgIpc) is 3.68. The van der Waals surface area contributed by atoms with Crippen LogP contribution >= 0.6 is 0 Å². The minimum Gasteiger partial charge on any atom is -0.277 e. The van der Waals surface area contributed by atoms with Gasteiger partial charge in [-0.2, -0.15) is 9.97 Å². The zero-order valence-corrected chi connectivity index (χ0v) is 30.5. The zero-order valence-electron chi connectivity index (χ0n) is 35.5. The van der Waals surface area contributed by atoms with Crippen molar-refractivity contribution in [2.24, 2.45) is 0 Å². The van der Waals surface area contributed by atoms with Gasteiger partial charge in [0.25, 0.3) is 0 Å². The van der Waals surface area contributed by atoms with Crippen molar-refractivity contribution in [1.82, 2.24) is 19.5 Å². The quantitative estimate of drug-likeness (QED) is 0.171. The van der Waals surface area contributed by atoms with Crippen LogP contribution in [0.1, 0.15) is 6.85 Å². The molecule has 0 aliphatic rings. The van der Waals surface area contributed by atoms with Gasteiger partial charge in [-0.3, -0.25) is 4.57 Å². The van der Waals surface area contributed by atoms with Crippen LogP contribution in [-0.2, 0) is 0 Å². The summed E-state index contributed by atoms with van der Waals surface area (Å²) in [6.45, 7) is 0. The molecule has 0 saturated heterocycles. The largest absolute Gasteiger partial charge is 0.277 e. The van der Waals surface area contributed by atoms with Gasteiger partial charge in [0, 0.05) is 27.3 Å². The number of hydrogen-bond donors (Lipinski definition) is 0. The van der Waals surface area contributed by atoms with Crippen molar-refractivity contribution in [2.75, 3.05) is 0 Å². The number of para-hydroxylation sites is 1. The second-order valence-electron chi connectivity index (χ2n) is 14.0. The number of aromatic nitrogens is 4. The van der Waals surface area contributed by atoms with E-state index in [4.69, 9.17) is 21.8 Å². The summed E-state index contributed by atoms with van der Waals surface area (Å²) >= 11 is 0. The third kappa shape index (κ3) is 5.66. The molecule has 4 nitrogen and oxygen atoms in total. The smallest absolute Gasteiger partial charge is 0.238 e. The fraction of sp³-hybridized carbons (Fsp3) is 0. The molecule has 0 radical (unpaired) electrons. The fourth-order valence-electron chi connectivity index (χ4n) is 8.08. The normalized spacial score (nSPS) is 12.7. The van der Waals surface area contributed by atoms with Crippen molar-refractivity contribution in [1.29, 1.82) is 0 Å². The minimum absolute atomic E-state index is 0.186. The maximum atomic E-state index is 8.48. The summed E-state index contributed by atoms with van der Waals surface area (Å²) in [5.74, 6) is 1.68. The first-order valence-corrected chi connectivity index (χ1v) is 18.9. The van der Waals surface area contributed by atoms with E-state index in [0.29, 0.717) is 23.2 Å². The molecule has 0 spiro atoms. The molecule has 9 aromatic carbocycles. The standard InChI is InChI=1S/C53H34N4/c1-3-13-35(14-4-1)36-25-27-38(28-26-36)43-22-11-18-40-19-12-23-44(49(40)43)39-29-31-42(32-30-39)52-54-51(41-16-5-2-6-17-41)55-53(56-52)57-48-24-10-9-21-46(48)47-34-33-37-15-7-8-20-45(37)50(47)57/h1-34H/i1D,3D,4D,13D,14D.